The molecule has 0 fully saturated rings. The van der Waals surface area contributed by atoms with Crippen LogP contribution in [0.15, 0.2) is 36.5 Å². The molecule has 0 atom stereocenters. The lowest BCUT2D eigenvalue weighted by molar-refractivity contribution is 0.0953. The van der Waals surface area contributed by atoms with Crippen molar-refractivity contribution in [1.82, 2.24) is 10.4 Å². The highest BCUT2D eigenvalue weighted by Crippen LogP contribution is 2.28. The lowest BCUT2D eigenvalue weighted by atomic mass is 10.2. The number of amides is 1. The van der Waals surface area contributed by atoms with Gasteiger partial charge in [-0.2, -0.15) is 0 Å². The molecule has 1 aromatic heterocycles. The van der Waals surface area contributed by atoms with E-state index in [0.29, 0.717) is 21.4 Å². The molecule has 0 aliphatic heterocycles. The standard InChI is InChI=1S/C15H16Cl2N4O3S/c1-2-25(23,24)21(14-6-11(16)5-12(17)7-14)9-13-4-3-10(8-19-13)15(22)20-18/h3-8H,2,9,18H2,1H3,(H,20,22). The third-order valence-corrected chi connectivity index (χ3v) is 5.54. The van der Waals surface area contributed by atoms with Gasteiger partial charge in [-0.15, -0.1) is 0 Å². The molecule has 0 radical (unpaired) electrons. The first-order chi connectivity index (χ1) is 11.8. The number of rotatable bonds is 6. The van der Waals surface area contributed by atoms with E-state index in [1.165, 1.54) is 41.7 Å². The fourth-order valence-electron chi connectivity index (χ4n) is 2.07. The van der Waals surface area contributed by atoms with Gasteiger partial charge in [0.25, 0.3) is 5.91 Å². The number of nitrogens with zero attached hydrogens (tertiary/aromatic N) is 2. The molecule has 7 nitrogen and oxygen atoms in total. The zero-order valence-corrected chi connectivity index (χ0v) is 15.6. The Balaban J connectivity index is 2.39. The Hall–Kier alpha value is -1.87. The average Bonchev–Trinajstić information content (AvgIpc) is 2.58. The SMILES string of the molecule is CCS(=O)(=O)N(Cc1ccc(C(=O)NN)cn1)c1cc(Cl)cc(Cl)c1. The number of hydrogen-bond acceptors (Lipinski definition) is 5. The Morgan fingerprint density at radius 1 is 1.24 bits per heavy atom. The maximum Gasteiger partial charge on any atom is 0.266 e. The fraction of sp³-hybridized carbons (Fsp3) is 0.200. The van der Waals surface area contributed by atoms with Crippen LogP contribution in [-0.4, -0.2) is 25.1 Å². The van der Waals surface area contributed by atoms with E-state index in [2.05, 4.69) is 4.98 Å². The minimum atomic E-state index is -3.60. The summed E-state index contributed by atoms with van der Waals surface area (Å²) in [4.78, 5) is 15.6. The number of nitrogens with one attached hydrogen (secondary N) is 1. The second-order valence-corrected chi connectivity index (χ2v) is 8.10. The van der Waals surface area contributed by atoms with E-state index in [4.69, 9.17) is 29.0 Å². The molecule has 0 aliphatic carbocycles. The highest BCUT2D eigenvalue weighted by atomic mass is 35.5. The van der Waals surface area contributed by atoms with Crippen molar-refractivity contribution in [3.8, 4) is 0 Å². The summed E-state index contributed by atoms with van der Waals surface area (Å²) in [5.74, 6) is 4.47. The van der Waals surface area contributed by atoms with Crippen molar-refractivity contribution < 1.29 is 13.2 Å². The number of carbonyl (C=O) groups is 1. The van der Waals surface area contributed by atoms with Crippen molar-refractivity contribution in [2.75, 3.05) is 10.1 Å². The summed E-state index contributed by atoms with van der Waals surface area (Å²) < 4.78 is 26.1. The maximum absolute atomic E-state index is 12.5. The Labute approximate surface area is 155 Å². The summed E-state index contributed by atoms with van der Waals surface area (Å²) >= 11 is 12.0. The van der Waals surface area contributed by atoms with Crippen molar-refractivity contribution in [2.24, 2.45) is 5.84 Å². The first-order valence-electron chi connectivity index (χ1n) is 7.19. The molecule has 1 amide bonds. The number of nitrogen functional groups attached to an aromatic ring is 1. The van der Waals surface area contributed by atoms with Crippen LogP contribution in [0.2, 0.25) is 10.0 Å². The van der Waals surface area contributed by atoms with Gasteiger partial charge in [0.2, 0.25) is 10.0 Å². The highest BCUT2D eigenvalue weighted by molar-refractivity contribution is 7.92. The van der Waals surface area contributed by atoms with Crippen LogP contribution in [0.3, 0.4) is 0 Å². The van der Waals surface area contributed by atoms with E-state index >= 15 is 0 Å². The van der Waals surface area contributed by atoms with Crippen LogP contribution in [-0.2, 0) is 16.6 Å². The molecule has 134 valence electrons. The zero-order valence-electron chi connectivity index (χ0n) is 13.2. The second-order valence-electron chi connectivity index (χ2n) is 5.05. The molecule has 2 rings (SSSR count). The van der Waals surface area contributed by atoms with E-state index in [1.807, 2.05) is 5.43 Å². The summed E-state index contributed by atoms with van der Waals surface area (Å²) in [6, 6.07) is 7.59. The highest BCUT2D eigenvalue weighted by Gasteiger charge is 2.22. The fourth-order valence-corrected chi connectivity index (χ4v) is 3.65. The van der Waals surface area contributed by atoms with E-state index in [1.54, 1.807) is 6.07 Å². The van der Waals surface area contributed by atoms with Gasteiger partial charge in [-0.25, -0.2) is 14.3 Å². The molecule has 0 unspecified atom stereocenters. The molecule has 1 heterocycles. The van der Waals surface area contributed by atoms with Gasteiger partial charge in [-0.3, -0.25) is 19.5 Å². The number of nitrogens with two attached hydrogens (primary N) is 1. The van der Waals surface area contributed by atoms with Crippen molar-refractivity contribution in [3.63, 3.8) is 0 Å². The monoisotopic (exact) mass is 402 g/mol. The van der Waals surface area contributed by atoms with Gasteiger partial charge in [0.15, 0.2) is 0 Å². The molecule has 25 heavy (non-hydrogen) atoms. The van der Waals surface area contributed by atoms with Crippen LogP contribution in [0.25, 0.3) is 0 Å². The van der Waals surface area contributed by atoms with Gasteiger partial charge in [-0.1, -0.05) is 23.2 Å². The Morgan fingerprint density at radius 3 is 2.36 bits per heavy atom. The molecule has 10 heteroatoms. The molecule has 2 aromatic rings. The quantitative estimate of drug-likeness (QED) is 0.438. The Bertz CT molecular complexity index is 853. The number of carbonyl (C=O) groups excluding carboxylic acids is 1. The number of pyridine rings is 1. The van der Waals surface area contributed by atoms with Gasteiger partial charge in [-0.05, 0) is 37.3 Å². The molecule has 0 aliphatic rings. The van der Waals surface area contributed by atoms with Crippen molar-refractivity contribution in [1.29, 1.82) is 0 Å². The van der Waals surface area contributed by atoms with E-state index in [0.717, 1.165) is 0 Å². The predicted molar refractivity (Wildman–Crippen MR) is 98.0 cm³/mol. The molecule has 1 aromatic carbocycles. The lowest BCUT2D eigenvalue weighted by Gasteiger charge is -2.24. The van der Waals surface area contributed by atoms with E-state index in [9.17, 15) is 13.2 Å². The molecule has 0 bridgehead atoms. The topological polar surface area (TPSA) is 105 Å². The van der Waals surface area contributed by atoms with Gasteiger partial charge in [0.05, 0.1) is 29.2 Å². The summed E-state index contributed by atoms with van der Waals surface area (Å²) in [6.07, 6.45) is 1.32. The second kappa shape index (κ2) is 8.01. The van der Waals surface area contributed by atoms with Crippen LogP contribution in [0.1, 0.15) is 23.0 Å². The van der Waals surface area contributed by atoms with Crippen LogP contribution in [0.5, 0.6) is 0 Å². The lowest BCUT2D eigenvalue weighted by Crippen LogP contribution is -2.32. The number of sulfonamides is 1. The van der Waals surface area contributed by atoms with E-state index in [-0.39, 0.29) is 17.9 Å². The number of anilines is 1. The van der Waals surface area contributed by atoms with Crippen LogP contribution in [0, 0.1) is 0 Å². The minimum absolute atomic E-state index is 0.0304. The van der Waals surface area contributed by atoms with Crippen molar-refractivity contribution in [2.45, 2.75) is 13.5 Å². The first kappa shape index (κ1) is 19.5. The van der Waals surface area contributed by atoms with Gasteiger partial charge in [0, 0.05) is 16.2 Å². The number of benzene rings is 1. The molecule has 3 N–H and O–H groups in total. The molecule has 0 saturated carbocycles. The van der Waals surface area contributed by atoms with Gasteiger partial charge >= 0.3 is 0 Å². The molecular formula is C15H16Cl2N4O3S. The minimum Gasteiger partial charge on any atom is -0.290 e. The number of halogens is 2. The normalized spacial score (nSPS) is 11.2. The molecular weight excluding hydrogens is 387 g/mol. The molecule has 0 spiro atoms. The largest absolute Gasteiger partial charge is 0.290 e. The van der Waals surface area contributed by atoms with Crippen LogP contribution in [0.4, 0.5) is 5.69 Å². The zero-order chi connectivity index (χ0) is 18.6. The van der Waals surface area contributed by atoms with Gasteiger partial charge in [0.1, 0.15) is 0 Å². The van der Waals surface area contributed by atoms with E-state index < -0.39 is 15.9 Å². The van der Waals surface area contributed by atoms with Gasteiger partial charge < -0.3 is 0 Å². The summed E-state index contributed by atoms with van der Waals surface area (Å²) in [7, 11) is -3.60. The smallest absolute Gasteiger partial charge is 0.266 e. The Kier molecular flexibility index (Phi) is 6.23. The van der Waals surface area contributed by atoms with Crippen LogP contribution >= 0.6 is 23.2 Å². The summed E-state index contributed by atoms with van der Waals surface area (Å²) in [5, 5.41) is 0.642. The third kappa shape index (κ3) is 4.82. The van der Waals surface area contributed by atoms with Crippen LogP contribution < -0.4 is 15.6 Å². The maximum atomic E-state index is 12.5. The van der Waals surface area contributed by atoms with Crippen molar-refractivity contribution >= 4 is 44.8 Å². The molecule has 0 saturated heterocycles. The summed E-state index contributed by atoms with van der Waals surface area (Å²) in [6.45, 7) is 1.51. The third-order valence-electron chi connectivity index (χ3n) is 3.36. The number of hydrogen-bond donors (Lipinski definition) is 2. The summed E-state index contributed by atoms with van der Waals surface area (Å²) in [5.41, 5.74) is 3.05. The number of hydrazine groups is 1. The Morgan fingerprint density at radius 2 is 1.88 bits per heavy atom. The van der Waals surface area contributed by atoms with Crippen molar-refractivity contribution in [3.05, 3.63) is 57.8 Å². The predicted octanol–water partition coefficient (Wildman–Crippen LogP) is 2.35. The average molecular weight is 403 g/mol. The number of aromatic nitrogens is 1. The first-order valence-corrected chi connectivity index (χ1v) is 9.55.